The lowest BCUT2D eigenvalue weighted by molar-refractivity contribution is 0.102. The van der Waals surface area contributed by atoms with Crippen LogP contribution in [0.1, 0.15) is 16.8 Å². The maximum atomic E-state index is 12.0. The van der Waals surface area contributed by atoms with E-state index in [9.17, 15) is 4.79 Å². The van der Waals surface area contributed by atoms with Crippen molar-refractivity contribution in [3.8, 4) is 0 Å². The lowest BCUT2D eigenvalue weighted by Gasteiger charge is -2.20. The van der Waals surface area contributed by atoms with E-state index in [4.69, 9.17) is 0 Å². The van der Waals surface area contributed by atoms with Gasteiger partial charge in [0.2, 0.25) is 5.13 Å². The zero-order valence-corrected chi connectivity index (χ0v) is 13.0. The lowest BCUT2D eigenvalue weighted by atomic mass is 10.2. The van der Waals surface area contributed by atoms with Crippen LogP contribution in [0.2, 0.25) is 0 Å². The largest absolute Gasteiger partial charge is 0.356 e. The molecular weight excluding hydrogens is 306 g/mol. The molecule has 1 saturated heterocycles. The monoisotopic (exact) mass is 321 g/mol. The quantitative estimate of drug-likeness (QED) is 0.934. The molecule has 0 unspecified atom stereocenters. The van der Waals surface area contributed by atoms with Crippen LogP contribution in [-0.4, -0.2) is 45.7 Å². The molecule has 0 atom stereocenters. The van der Waals surface area contributed by atoms with Crippen LogP contribution >= 0.6 is 23.1 Å². The van der Waals surface area contributed by atoms with Crippen LogP contribution in [0.25, 0.3) is 0 Å². The number of hydrogen-bond donors (Lipinski definition) is 1. The van der Waals surface area contributed by atoms with Crippen LogP contribution in [0.4, 0.5) is 10.9 Å². The van der Waals surface area contributed by atoms with Gasteiger partial charge in [-0.2, -0.15) is 11.8 Å². The number of pyridine rings is 1. The molecule has 2 aromatic rings. The summed E-state index contributed by atoms with van der Waals surface area (Å²) in [7, 11) is 0. The third kappa shape index (κ3) is 3.70. The van der Waals surface area contributed by atoms with Gasteiger partial charge in [0.1, 0.15) is 11.3 Å². The minimum atomic E-state index is -0.211. The Morgan fingerprint density at radius 1 is 1.29 bits per heavy atom. The van der Waals surface area contributed by atoms with Crippen LogP contribution < -0.4 is 10.2 Å². The van der Waals surface area contributed by atoms with Gasteiger partial charge in [-0.15, -0.1) is 10.2 Å². The number of anilines is 2. The van der Waals surface area contributed by atoms with Crippen molar-refractivity contribution in [3.05, 3.63) is 29.4 Å². The van der Waals surface area contributed by atoms with Crippen LogP contribution in [0, 0.1) is 0 Å². The highest BCUT2D eigenvalue weighted by Gasteiger charge is 2.13. The molecule has 6 nitrogen and oxygen atoms in total. The van der Waals surface area contributed by atoms with E-state index < -0.39 is 0 Å². The summed E-state index contributed by atoms with van der Waals surface area (Å²) in [5, 5.41) is 10.7. The van der Waals surface area contributed by atoms with E-state index in [-0.39, 0.29) is 5.91 Å². The standard InChI is InChI=1S/C13H15N5OS2/c19-12(16-13-17-15-9-21-13)10-2-3-11(14-8-10)18-4-1-6-20-7-5-18/h2-3,8-9H,1,4-7H2,(H,16,17,19). The van der Waals surface area contributed by atoms with Crippen molar-refractivity contribution in [2.24, 2.45) is 0 Å². The molecule has 2 aromatic heterocycles. The second-order valence-corrected chi connectivity index (χ2v) is 6.61. The molecular formula is C13H15N5OS2. The van der Waals surface area contributed by atoms with Gasteiger partial charge in [-0.05, 0) is 24.3 Å². The number of amides is 1. The highest BCUT2D eigenvalue weighted by atomic mass is 32.2. The summed E-state index contributed by atoms with van der Waals surface area (Å²) in [6.45, 7) is 2.03. The van der Waals surface area contributed by atoms with Crippen molar-refractivity contribution in [1.82, 2.24) is 15.2 Å². The van der Waals surface area contributed by atoms with E-state index in [0.717, 1.165) is 24.7 Å². The zero-order chi connectivity index (χ0) is 14.5. The average Bonchev–Trinajstić information content (AvgIpc) is 2.87. The second-order valence-electron chi connectivity index (χ2n) is 4.56. The molecule has 3 heterocycles. The van der Waals surface area contributed by atoms with Crippen LogP contribution in [-0.2, 0) is 0 Å². The maximum Gasteiger partial charge on any atom is 0.259 e. The molecule has 0 aromatic carbocycles. The predicted octanol–water partition coefficient (Wildman–Crippen LogP) is 2.13. The number of nitrogens with one attached hydrogen (secondary N) is 1. The lowest BCUT2D eigenvalue weighted by Crippen LogP contribution is -2.26. The summed E-state index contributed by atoms with van der Waals surface area (Å²) in [5.41, 5.74) is 2.10. The van der Waals surface area contributed by atoms with Gasteiger partial charge in [0.15, 0.2) is 0 Å². The fourth-order valence-corrected chi connectivity index (χ4v) is 3.41. The molecule has 8 heteroatoms. The molecule has 3 rings (SSSR count). The summed E-state index contributed by atoms with van der Waals surface area (Å²) in [5.74, 6) is 3.06. The molecule has 21 heavy (non-hydrogen) atoms. The Kier molecular flexibility index (Phi) is 4.66. The first-order chi connectivity index (χ1) is 10.3. The van der Waals surface area contributed by atoms with Crippen molar-refractivity contribution in [3.63, 3.8) is 0 Å². The number of carbonyl (C=O) groups is 1. The number of aromatic nitrogens is 3. The third-order valence-corrected chi connectivity index (χ3v) is 4.79. The third-order valence-electron chi connectivity index (χ3n) is 3.14. The summed E-state index contributed by atoms with van der Waals surface area (Å²) in [6.07, 6.45) is 2.79. The average molecular weight is 321 g/mol. The molecule has 0 spiro atoms. The number of carbonyl (C=O) groups excluding carboxylic acids is 1. The van der Waals surface area contributed by atoms with Gasteiger partial charge in [0.05, 0.1) is 5.56 Å². The Bertz CT molecular complexity index is 579. The Morgan fingerprint density at radius 2 is 2.24 bits per heavy atom. The Hall–Kier alpha value is -1.67. The minimum Gasteiger partial charge on any atom is -0.356 e. The Morgan fingerprint density at radius 3 is 3.00 bits per heavy atom. The van der Waals surface area contributed by atoms with E-state index in [1.807, 2.05) is 17.8 Å². The van der Waals surface area contributed by atoms with E-state index >= 15 is 0 Å². The molecule has 1 N–H and O–H groups in total. The Labute approximate surface area is 131 Å². The molecule has 0 aliphatic carbocycles. The van der Waals surface area contributed by atoms with Gasteiger partial charge >= 0.3 is 0 Å². The Balaban J connectivity index is 1.67. The van der Waals surface area contributed by atoms with Crippen molar-refractivity contribution < 1.29 is 4.79 Å². The second kappa shape index (κ2) is 6.86. The van der Waals surface area contributed by atoms with Gasteiger partial charge in [0.25, 0.3) is 5.91 Å². The SMILES string of the molecule is O=C(Nc1nncs1)c1ccc(N2CCCSCC2)nc1. The van der Waals surface area contributed by atoms with Gasteiger partial charge in [0, 0.05) is 25.0 Å². The smallest absolute Gasteiger partial charge is 0.259 e. The minimum absolute atomic E-state index is 0.211. The maximum absolute atomic E-state index is 12.0. The fraction of sp³-hybridized carbons (Fsp3) is 0.385. The summed E-state index contributed by atoms with van der Waals surface area (Å²) in [4.78, 5) is 18.7. The number of rotatable bonds is 3. The molecule has 110 valence electrons. The predicted molar refractivity (Wildman–Crippen MR) is 86.3 cm³/mol. The molecule has 1 fully saturated rings. The highest BCUT2D eigenvalue weighted by molar-refractivity contribution is 7.99. The van der Waals surface area contributed by atoms with E-state index in [0.29, 0.717) is 10.7 Å². The van der Waals surface area contributed by atoms with Gasteiger partial charge in [-0.25, -0.2) is 4.98 Å². The van der Waals surface area contributed by atoms with Gasteiger partial charge < -0.3 is 4.90 Å². The van der Waals surface area contributed by atoms with E-state index in [1.165, 1.54) is 23.5 Å². The molecule has 0 radical (unpaired) electrons. The molecule has 1 aliphatic rings. The van der Waals surface area contributed by atoms with Crippen LogP contribution in [0.3, 0.4) is 0 Å². The zero-order valence-electron chi connectivity index (χ0n) is 11.4. The first-order valence-corrected chi connectivity index (χ1v) is 8.72. The van der Waals surface area contributed by atoms with E-state index in [1.54, 1.807) is 17.8 Å². The summed E-state index contributed by atoms with van der Waals surface area (Å²) in [6, 6.07) is 3.71. The topological polar surface area (TPSA) is 71.0 Å². The fourth-order valence-electron chi connectivity index (χ4n) is 2.08. The van der Waals surface area contributed by atoms with Crippen molar-refractivity contribution >= 4 is 40.0 Å². The van der Waals surface area contributed by atoms with E-state index in [2.05, 4.69) is 25.4 Å². The summed E-state index contributed by atoms with van der Waals surface area (Å²) < 4.78 is 0. The van der Waals surface area contributed by atoms with Crippen molar-refractivity contribution in [2.45, 2.75) is 6.42 Å². The first kappa shape index (κ1) is 14.3. The normalized spacial score (nSPS) is 15.5. The van der Waals surface area contributed by atoms with Crippen LogP contribution in [0.5, 0.6) is 0 Å². The van der Waals surface area contributed by atoms with Gasteiger partial charge in [-0.1, -0.05) is 11.3 Å². The number of hydrogen-bond acceptors (Lipinski definition) is 7. The van der Waals surface area contributed by atoms with Crippen molar-refractivity contribution in [2.75, 3.05) is 34.8 Å². The van der Waals surface area contributed by atoms with Gasteiger partial charge in [-0.3, -0.25) is 10.1 Å². The first-order valence-electron chi connectivity index (χ1n) is 6.69. The van der Waals surface area contributed by atoms with Crippen molar-refractivity contribution in [1.29, 1.82) is 0 Å². The highest BCUT2D eigenvalue weighted by Crippen LogP contribution is 2.18. The summed E-state index contributed by atoms with van der Waals surface area (Å²) >= 11 is 3.27. The molecule has 0 saturated carbocycles. The number of thioether (sulfide) groups is 1. The molecule has 0 bridgehead atoms. The number of nitrogens with zero attached hydrogens (tertiary/aromatic N) is 4. The molecule has 1 amide bonds. The van der Waals surface area contributed by atoms with Crippen LogP contribution in [0.15, 0.2) is 23.8 Å². The molecule has 1 aliphatic heterocycles.